The second-order valence-corrected chi connectivity index (χ2v) is 4.79. The summed E-state index contributed by atoms with van der Waals surface area (Å²) in [6, 6.07) is 7.31. The van der Waals surface area contributed by atoms with Crippen LogP contribution in [0.5, 0.6) is 5.75 Å². The van der Waals surface area contributed by atoms with Gasteiger partial charge >= 0.3 is 5.97 Å². The van der Waals surface area contributed by atoms with Crippen LogP contribution in [-0.4, -0.2) is 25.2 Å². The van der Waals surface area contributed by atoms with Crippen molar-refractivity contribution in [3.63, 3.8) is 0 Å². The van der Waals surface area contributed by atoms with Gasteiger partial charge in [0.2, 0.25) is 0 Å². The summed E-state index contributed by atoms with van der Waals surface area (Å²) in [6.07, 6.45) is 0.968. The summed E-state index contributed by atoms with van der Waals surface area (Å²) in [7, 11) is 0. The van der Waals surface area contributed by atoms with E-state index in [1.165, 1.54) is 5.56 Å². The molecule has 4 nitrogen and oxygen atoms in total. The van der Waals surface area contributed by atoms with E-state index in [9.17, 15) is 4.79 Å². The third-order valence-corrected chi connectivity index (χ3v) is 2.89. The molecule has 106 valence electrons. The molecule has 0 bridgehead atoms. The highest BCUT2D eigenvalue weighted by molar-refractivity contribution is 5.75. The highest BCUT2D eigenvalue weighted by atomic mass is 16.6. The van der Waals surface area contributed by atoms with Crippen LogP contribution in [0, 0.1) is 5.92 Å². The largest absolute Gasteiger partial charge is 0.490 e. The van der Waals surface area contributed by atoms with E-state index >= 15 is 0 Å². The van der Waals surface area contributed by atoms with E-state index in [0.717, 1.165) is 12.2 Å². The first-order valence-electron chi connectivity index (χ1n) is 6.68. The minimum Gasteiger partial charge on any atom is -0.490 e. The molecule has 19 heavy (non-hydrogen) atoms. The zero-order valence-electron chi connectivity index (χ0n) is 11.9. The third-order valence-electron chi connectivity index (χ3n) is 2.89. The van der Waals surface area contributed by atoms with Crippen molar-refractivity contribution in [2.45, 2.75) is 33.2 Å². The summed E-state index contributed by atoms with van der Waals surface area (Å²) in [5, 5.41) is 0. The van der Waals surface area contributed by atoms with Gasteiger partial charge in [0, 0.05) is 0 Å². The molecule has 2 N–H and O–H groups in total. The van der Waals surface area contributed by atoms with E-state index in [1.807, 2.05) is 32.0 Å². The highest BCUT2D eigenvalue weighted by Gasteiger charge is 2.18. The molecule has 1 aromatic rings. The van der Waals surface area contributed by atoms with Crippen molar-refractivity contribution in [3.05, 3.63) is 29.8 Å². The molecule has 0 aliphatic carbocycles. The second-order valence-electron chi connectivity index (χ2n) is 4.79. The monoisotopic (exact) mass is 265 g/mol. The summed E-state index contributed by atoms with van der Waals surface area (Å²) in [6.45, 7) is 6.42. The SMILES string of the molecule is CCc1cccc(OCCOC(=O)[C@@H](N)C(C)C)c1. The molecular formula is C15H23NO3. The number of carbonyl (C=O) groups is 1. The van der Waals surface area contributed by atoms with Gasteiger partial charge in [-0.1, -0.05) is 32.9 Å². The minimum absolute atomic E-state index is 0.0784. The molecule has 1 rings (SSSR count). The van der Waals surface area contributed by atoms with Crippen LogP contribution in [0.3, 0.4) is 0 Å². The van der Waals surface area contributed by atoms with Crippen LogP contribution >= 0.6 is 0 Å². The molecule has 0 saturated carbocycles. The van der Waals surface area contributed by atoms with Gasteiger partial charge in [-0.2, -0.15) is 0 Å². The second kappa shape index (κ2) is 7.79. The fourth-order valence-corrected chi connectivity index (χ4v) is 1.53. The molecule has 0 aliphatic rings. The van der Waals surface area contributed by atoms with Crippen molar-refractivity contribution in [1.82, 2.24) is 0 Å². The Kier molecular flexibility index (Phi) is 6.36. The zero-order chi connectivity index (χ0) is 14.3. The van der Waals surface area contributed by atoms with Crippen molar-refractivity contribution in [1.29, 1.82) is 0 Å². The van der Waals surface area contributed by atoms with Gasteiger partial charge in [-0.25, -0.2) is 0 Å². The fraction of sp³-hybridized carbons (Fsp3) is 0.533. The van der Waals surface area contributed by atoms with Gasteiger partial charge in [0.15, 0.2) is 0 Å². The highest BCUT2D eigenvalue weighted by Crippen LogP contribution is 2.13. The summed E-state index contributed by atoms with van der Waals surface area (Å²) in [4.78, 5) is 11.5. The summed E-state index contributed by atoms with van der Waals surface area (Å²) >= 11 is 0. The molecule has 0 aromatic heterocycles. The number of hydrogen-bond acceptors (Lipinski definition) is 4. The molecule has 0 unspecified atom stereocenters. The van der Waals surface area contributed by atoms with Crippen molar-refractivity contribution >= 4 is 5.97 Å². The van der Waals surface area contributed by atoms with Crippen LogP contribution in [0.2, 0.25) is 0 Å². The predicted octanol–water partition coefficient (Wildman–Crippen LogP) is 2.15. The number of rotatable bonds is 7. The zero-order valence-corrected chi connectivity index (χ0v) is 11.9. The Morgan fingerprint density at radius 3 is 2.68 bits per heavy atom. The smallest absolute Gasteiger partial charge is 0.323 e. The number of ether oxygens (including phenoxy) is 2. The van der Waals surface area contributed by atoms with Gasteiger partial charge in [0.05, 0.1) is 0 Å². The maximum absolute atomic E-state index is 11.5. The first-order chi connectivity index (χ1) is 9.04. The van der Waals surface area contributed by atoms with E-state index in [4.69, 9.17) is 15.2 Å². The molecule has 0 amide bonds. The Balaban J connectivity index is 2.29. The lowest BCUT2D eigenvalue weighted by molar-refractivity contribution is -0.147. The molecule has 0 spiro atoms. The third kappa shape index (κ3) is 5.30. The number of carbonyl (C=O) groups excluding carboxylic acids is 1. The lowest BCUT2D eigenvalue weighted by Gasteiger charge is -2.14. The van der Waals surface area contributed by atoms with Crippen LogP contribution in [0.1, 0.15) is 26.3 Å². The molecule has 4 heteroatoms. The molecule has 1 atom stereocenters. The van der Waals surface area contributed by atoms with Crippen LogP contribution in [-0.2, 0) is 16.0 Å². The Bertz CT molecular complexity index is 404. The molecule has 1 aromatic carbocycles. The quantitative estimate of drug-likeness (QED) is 0.606. The lowest BCUT2D eigenvalue weighted by atomic mass is 10.1. The summed E-state index contributed by atoms with van der Waals surface area (Å²) in [5.74, 6) is 0.499. The van der Waals surface area contributed by atoms with Crippen LogP contribution in [0.25, 0.3) is 0 Å². The van der Waals surface area contributed by atoms with Gasteiger partial charge in [-0.05, 0) is 30.0 Å². The maximum atomic E-state index is 11.5. The average Bonchev–Trinajstić information content (AvgIpc) is 2.42. The molecule has 0 saturated heterocycles. The Morgan fingerprint density at radius 2 is 2.05 bits per heavy atom. The van der Waals surface area contributed by atoms with Gasteiger partial charge in [0.1, 0.15) is 25.0 Å². The van der Waals surface area contributed by atoms with Crippen molar-refractivity contribution in [2.75, 3.05) is 13.2 Å². The Hall–Kier alpha value is -1.55. The van der Waals surface area contributed by atoms with E-state index in [1.54, 1.807) is 0 Å². The Labute approximate surface area is 114 Å². The van der Waals surface area contributed by atoms with Crippen molar-refractivity contribution < 1.29 is 14.3 Å². The molecule has 0 heterocycles. The molecule has 0 radical (unpaired) electrons. The van der Waals surface area contributed by atoms with Crippen LogP contribution in [0.4, 0.5) is 0 Å². The van der Waals surface area contributed by atoms with E-state index < -0.39 is 6.04 Å². The first-order valence-corrected chi connectivity index (χ1v) is 6.68. The maximum Gasteiger partial charge on any atom is 0.323 e. The first kappa shape index (κ1) is 15.5. The molecule has 0 aliphatic heterocycles. The number of esters is 1. The molecular weight excluding hydrogens is 242 g/mol. The van der Waals surface area contributed by atoms with E-state index in [2.05, 4.69) is 13.0 Å². The summed E-state index contributed by atoms with van der Waals surface area (Å²) < 4.78 is 10.6. The lowest BCUT2D eigenvalue weighted by Crippen LogP contribution is -2.37. The summed E-state index contributed by atoms with van der Waals surface area (Å²) in [5.41, 5.74) is 6.89. The fourth-order valence-electron chi connectivity index (χ4n) is 1.53. The molecule has 0 fully saturated rings. The standard InChI is InChI=1S/C15H23NO3/c1-4-12-6-5-7-13(10-12)18-8-9-19-15(17)14(16)11(2)3/h5-7,10-11,14H,4,8-9,16H2,1-3H3/t14-/m0/s1. The van der Waals surface area contributed by atoms with E-state index in [-0.39, 0.29) is 18.5 Å². The van der Waals surface area contributed by atoms with Crippen LogP contribution in [0.15, 0.2) is 24.3 Å². The van der Waals surface area contributed by atoms with Gasteiger partial charge in [0.25, 0.3) is 0 Å². The van der Waals surface area contributed by atoms with Gasteiger partial charge in [-0.3, -0.25) is 4.79 Å². The minimum atomic E-state index is -0.566. The number of hydrogen-bond donors (Lipinski definition) is 1. The van der Waals surface area contributed by atoms with Crippen molar-refractivity contribution in [2.24, 2.45) is 11.7 Å². The average molecular weight is 265 g/mol. The van der Waals surface area contributed by atoms with Crippen molar-refractivity contribution in [3.8, 4) is 5.75 Å². The normalized spacial score (nSPS) is 12.3. The number of aryl methyl sites for hydroxylation is 1. The van der Waals surface area contributed by atoms with Gasteiger partial charge < -0.3 is 15.2 Å². The number of nitrogens with two attached hydrogens (primary N) is 1. The van der Waals surface area contributed by atoms with E-state index in [0.29, 0.717) is 6.61 Å². The Morgan fingerprint density at radius 1 is 1.32 bits per heavy atom. The number of benzene rings is 1. The van der Waals surface area contributed by atoms with Crippen LogP contribution < -0.4 is 10.5 Å². The predicted molar refractivity (Wildman–Crippen MR) is 75.1 cm³/mol. The topological polar surface area (TPSA) is 61.5 Å². The van der Waals surface area contributed by atoms with Gasteiger partial charge in [-0.15, -0.1) is 0 Å².